The SMILES string of the molecule is O=C(NC1CCN(Cc2ccccc2)C1)C1CCN(C(=O)c2ccccc2)CC1. The lowest BCUT2D eigenvalue weighted by Gasteiger charge is -2.32. The first-order valence-corrected chi connectivity index (χ1v) is 10.6. The van der Waals surface area contributed by atoms with Crippen LogP contribution in [0.15, 0.2) is 60.7 Å². The van der Waals surface area contributed by atoms with Gasteiger partial charge in [0.1, 0.15) is 0 Å². The van der Waals surface area contributed by atoms with Crippen LogP contribution >= 0.6 is 0 Å². The summed E-state index contributed by atoms with van der Waals surface area (Å²) in [7, 11) is 0. The fourth-order valence-electron chi connectivity index (χ4n) is 4.36. The maximum absolute atomic E-state index is 12.7. The molecule has 0 aliphatic carbocycles. The summed E-state index contributed by atoms with van der Waals surface area (Å²) in [6, 6.07) is 20.1. The Labute approximate surface area is 172 Å². The number of carbonyl (C=O) groups excluding carboxylic acids is 2. The molecule has 4 rings (SSSR count). The molecule has 2 aliphatic heterocycles. The van der Waals surface area contributed by atoms with Crippen LogP contribution in [0, 0.1) is 5.92 Å². The lowest BCUT2D eigenvalue weighted by molar-refractivity contribution is -0.126. The molecule has 1 unspecified atom stereocenters. The van der Waals surface area contributed by atoms with Gasteiger partial charge < -0.3 is 10.2 Å². The van der Waals surface area contributed by atoms with Gasteiger partial charge in [-0.15, -0.1) is 0 Å². The van der Waals surface area contributed by atoms with Gasteiger partial charge in [0.05, 0.1) is 0 Å². The van der Waals surface area contributed by atoms with Gasteiger partial charge in [0.25, 0.3) is 5.91 Å². The summed E-state index contributed by atoms with van der Waals surface area (Å²) in [6.45, 7) is 4.16. The number of hydrogen-bond donors (Lipinski definition) is 1. The molecule has 1 atom stereocenters. The van der Waals surface area contributed by atoms with E-state index < -0.39 is 0 Å². The zero-order chi connectivity index (χ0) is 20.1. The number of nitrogens with one attached hydrogen (secondary N) is 1. The Morgan fingerprint density at radius 3 is 2.21 bits per heavy atom. The molecule has 2 amide bonds. The van der Waals surface area contributed by atoms with Crippen molar-refractivity contribution in [3.63, 3.8) is 0 Å². The number of benzene rings is 2. The highest BCUT2D eigenvalue weighted by Crippen LogP contribution is 2.21. The zero-order valence-corrected chi connectivity index (χ0v) is 16.8. The molecule has 2 saturated heterocycles. The second-order valence-electron chi connectivity index (χ2n) is 8.15. The Morgan fingerprint density at radius 2 is 1.52 bits per heavy atom. The van der Waals surface area contributed by atoms with Crippen molar-refractivity contribution in [2.75, 3.05) is 26.2 Å². The van der Waals surface area contributed by atoms with Crippen LogP contribution < -0.4 is 5.32 Å². The monoisotopic (exact) mass is 391 g/mol. The summed E-state index contributed by atoms with van der Waals surface area (Å²) in [4.78, 5) is 29.6. The van der Waals surface area contributed by atoms with Crippen LogP contribution in [0.1, 0.15) is 35.2 Å². The highest BCUT2D eigenvalue weighted by molar-refractivity contribution is 5.94. The highest BCUT2D eigenvalue weighted by Gasteiger charge is 2.30. The minimum Gasteiger partial charge on any atom is -0.352 e. The normalized spacial score (nSPS) is 20.6. The van der Waals surface area contributed by atoms with Crippen LogP contribution in [-0.4, -0.2) is 53.8 Å². The van der Waals surface area contributed by atoms with Gasteiger partial charge in [-0.3, -0.25) is 14.5 Å². The van der Waals surface area contributed by atoms with Gasteiger partial charge in [0.15, 0.2) is 0 Å². The molecule has 152 valence electrons. The van der Waals surface area contributed by atoms with E-state index in [1.54, 1.807) is 0 Å². The largest absolute Gasteiger partial charge is 0.352 e. The molecule has 2 heterocycles. The first-order chi connectivity index (χ1) is 14.2. The Balaban J connectivity index is 1.22. The number of piperidine rings is 1. The van der Waals surface area contributed by atoms with Gasteiger partial charge in [0.2, 0.25) is 5.91 Å². The van der Waals surface area contributed by atoms with E-state index in [9.17, 15) is 9.59 Å². The quantitative estimate of drug-likeness (QED) is 0.853. The van der Waals surface area contributed by atoms with Crippen LogP contribution in [0.25, 0.3) is 0 Å². The van der Waals surface area contributed by atoms with E-state index in [1.807, 2.05) is 41.3 Å². The van der Waals surface area contributed by atoms with E-state index >= 15 is 0 Å². The summed E-state index contributed by atoms with van der Waals surface area (Å²) in [5.74, 6) is 0.234. The molecule has 5 heteroatoms. The predicted molar refractivity (Wildman–Crippen MR) is 113 cm³/mol. The van der Waals surface area contributed by atoms with Crippen molar-refractivity contribution in [2.24, 2.45) is 5.92 Å². The van der Waals surface area contributed by atoms with Gasteiger partial charge in [0, 0.05) is 50.2 Å². The Hall–Kier alpha value is -2.66. The van der Waals surface area contributed by atoms with E-state index in [4.69, 9.17) is 0 Å². The lowest BCUT2D eigenvalue weighted by atomic mass is 9.95. The number of rotatable bonds is 5. The Kier molecular flexibility index (Phi) is 6.25. The fourth-order valence-corrected chi connectivity index (χ4v) is 4.36. The van der Waals surface area contributed by atoms with Crippen molar-refractivity contribution in [3.8, 4) is 0 Å². The molecule has 5 nitrogen and oxygen atoms in total. The second kappa shape index (κ2) is 9.23. The maximum atomic E-state index is 12.7. The van der Waals surface area contributed by atoms with Gasteiger partial charge in [-0.1, -0.05) is 48.5 Å². The molecule has 29 heavy (non-hydrogen) atoms. The second-order valence-corrected chi connectivity index (χ2v) is 8.15. The van der Waals surface area contributed by atoms with Crippen molar-refractivity contribution in [1.29, 1.82) is 0 Å². The first-order valence-electron chi connectivity index (χ1n) is 10.6. The minimum atomic E-state index is 0.0120. The average Bonchev–Trinajstić information content (AvgIpc) is 3.21. The molecular formula is C24H29N3O2. The smallest absolute Gasteiger partial charge is 0.253 e. The minimum absolute atomic E-state index is 0.0120. The number of carbonyl (C=O) groups is 2. The molecule has 2 fully saturated rings. The van der Waals surface area contributed by atoms with Crippen molar-refractivity contribution in [2.45, 2.75) is 31.8 Å². The molecular weight excluding hydrogens is 362 g/mol. The molecule has 1 N–H and O–H groups in total. The molecule has 0 saturated carbocycles. The van der Waals surface area contributed by atoms with Crippen LogP contribution in [0.3, 0.4) is 0 Å². The number of likely N-dealkylation sites (tertiary alicyclic amines) is 2. The summed E-state index contributed by atoms with van der Waals surface area (Å²) in [5.41, 5.74) is 2.04. The molecule has 0 aromatic heterocycles. The molecule has 0 bridgehead atoms. The number of hydrogen-bond acceptors (Lipinski definition) is 3. The van der Waals surface area contributed by atoms with E-state index in [1.165, 1.54) is 5.56 Å². The Bertz CT molecular complexity index is 817. The van der Waals surface area contributed by atoms with E-state index in [2.05, 4.69) is 34.5 Å². The third-order valence-electron chi connectivity index (χ3n) is 6.04. The van der Waals surface area contributed by atoms with Gasteiger partial charge in [-0.25, -0.2) is 0 Å². The van der Waals surface area contributed by atoms with Gasteiger partial charge in [-0.05, 0) is 37.0 Å². The van der Waals surface area contributed by atoms with Crippen LogP contribution in [-0.2, 0) is 11.3 Å². The summed E-state index contributed by atoms with van der Waals surface area (Å²) in [6.07, 6.45) is 2.49. The van der Waals surface area contributed by atoms with E-state index in [-0.39, 0.29) is 23.8 Å². The molecule has 0 radical (unpaired) electrons. The van der Waals surface area contributed by atoms with Crippen LogP contribution in [0.2, 0.25) is 0 Å². The third kappa shape index (κ3) is 5.04. The van der Waals surface area contributed by atoms with E-state index in [0.29, 0.717) is 13.1 Å². The topological polar surface area (TPSA) is 52.7 Å². The first kappa shape index (κ1) is 19.6. The van der Waals surface area contributed by atoms with Crippen LogP contribution in [0.4, 0.5) is 0 Å². The molecule has 2 aromatic carbocycles. The number of amides is 2. The van der Waals surface area contributed by atoms with Crippen molar-refractivity contribution in [1.82, 2.24) is 15.1 Å². The van der Waals surface area contributed by atoms with Crippen molar-refractivity contribution >= 4 is 11.8 Å². The van der Waals surface area contributed by atoms with Gasteiger partial charge >= 0.3 is 0 Å². The summed E-state index contributed by atoms with van der Waals surface area (Å²) >= 11 is 0. The molecule has 2 aliphatic rings. The average molecular weight is 392 g/mol. The van der Waals surface area contributed by atoms with Crippen LogP contribution in [0.5, 0.6) is 0 Å². The van der Waals surface area contributed by atoms with Crippen molar-refractivity contribution < 1.29 is 9.59 Å². The molecule has 0 spiro atoms. The zero-order valence-electron chi connectivity index (χ0n) is 16.8. The summed E-state index contributed by atoms with van der Waals surface area (Å²) in [5, 5.41) is 3.26. The third-order valence-corrected chi connectivity index (χ3v) is 6.04. The maximum Gasteiger partial charge on any atom is 0.253 e. The Morgan fingerprint density at radius 1 is 0.862 bits per heavy atom. The standard InChI is InChI=1S/C24H29N3O2/c28-23(25-22-13-14-26(18-22)17-19-7-3-1-4-8-19)20-11-15-27(16-12-20)24(29)21-9-5-2-6-10-21/h1-10,20,22H,11-18H2,(H,25,28). The highest BCUT2D eigenvalue weighted by atomic mass is 16.2. The number of nitrogens with zero attached hydrogens (tertiary/aromatic N) is 2. The predicted octanol–water partition coefficient (Wildman–Crippen LogP) is 2.93. The lowest BCUT2D eigenvalue weighted by Crippen LogP contribution is -2.46. The summed E-state index contributed by atoms with van der Waals surface area (Å²) < 4.78 is 0. The fraction of sp³-hybridized carbons (Fsp3) is 0.417. The van der Waals surface area contributed by atoms with Crippen molar-refractivity contribution in [3.05, 3.63) is 71.8 Å². The molecule has 2 aromatic rings. The van der Waals surface area contributed by atoms with Gasteiger partial charge in [-0.2, -0.15) is 0 Å². The van der Waals surface area contributed by atoms with E-state index in [0.717, 1.165) is 44.5 Å².